The van der Waals surface area contributed by atoms with Crippen LogP contribution in [0.1, 0.15) is 19.8 Å². The molecule has 1 saturated heterocycles. The Bertz CT molecular complexity index is 252. The molecule has 0 spiro atoms. The zero-order valence-corrected chi connectivity index (χ0v) is 9.32. The Labute approximate surface area is 91.0 Å². The van der Waals surface area contributed by atoms with Crippen LogP contribution in [0.25, 0.3) is 0 Å². The molecule has 1 atom stereocenters. The van der Waals surface area contributed by atoms with Crippen LogP contribution < -0.4 is 5.32 Å². The molecule has 0 radical (unpaired) electrons. The summed E-state index contributed by atoms with van der Waals surface area (Å²) in [6.45, 7) is 3.41. The number of likely N-dealkylation sites (tertiary alicyclic amines) is 1. The number of carbonyl (C=O) groups is 1. The van der Waals surface area contributed by atoms with Gasteiger partial charge in [0, 0.05) is 32.0 Å². The summed E-state index contributed by atoms with van der Waals surface area (Å²) in [4.78, 5) is 13.4. The molecule has 15 heavy (non-hydrogen) atoms. The van der Waals surface area contributed by atoms with Gasteiger partial charge >= 0.3 is 5.97 Å². The Morgan fingerprint density at radius 1 is 1.60 bits per heavy atom. The van der Waals surface area contributed by atoms with E-state index in [1.54, 1.807) is 14.0 Å². The van der Waals surface area contributed by atoms with Gasteiger partial charge in [-0.05, 0) is 14.0 Å². The van der Waals surface area contributed by atoms with Crippen LogP contribution in [0.4, 0.5) is 0 Å². The van der Waals surface area contributed by atoms with Crippen molar-refractivity contribution in [2.24, 2.45) is 0 Å². The number of nitrogens with one attached hydrogen (secondary N) is 1. The number of nitrogens with zero attached hydrogens (tertiary/aromatic N) is 1. The van der Waals surface area contributed by atoms with Gasteiger partial charge in [0.25, 0.3) is 0 Å². The second-order valence-corrected chi connectivity index (χ2v) is 3.76. The molecule has 0 aliphatic carbocycles. The van der Waals surface area contributed by atoms with Crippen molar-refractivity contribution in [3.63, 3.8) is 0 Å². The van der Waals surface area contributed by atoms with Crippen molar-refractivity contribution in [2.75, 3.05) is 20.1 Å². The minimum atomic E-state index is -0.240. The molecule has 0 aromatic carbocycles. The van der Waals surface area contributed by atoms with E-state index in [1.165, 1.54) is 0 Å². The molecule has 1 aliphatic heterocycles. The van der Waals surface area contributed by atoms with Gasteiger partial charge in [-0.1, -0.05) is 6.42 Å². The minimum absolute atomic E-state index is 0.0258. The molecule has 0 saturated carbocycles. The van der Waals surface area contributed by atoms with Crippen molar-refractivity contribution in [1.29, 1.82) is 0 Å². The van der Waals surface area contributed by atoms with Crippen LogP contribution in [0.15, 0.2) is 0 Å². The van der Waals surface area contributed by atoms with E-state index in [1.807, 2.05) is 4.90 Å². The number of hydrogen-bond donors (Lipinski definition) is 1. The third kappa shape index (κ3) is 3.45. The molecule has 0 bridgehead atoms. The summed E-state index contributed by atoms with van der Waals surface area (Å²) >= 11 is 0. The zero-order chi connectivity index (χ0) is 11.3. The number of carbonyl (C=O) groups excluding carboxylic acids is 1. The third-order valence-corrected chi connectivity index (χ3v) is 2.69. The number of piperidine rings is 1. The molecule has 1 rings (SSSR count). The average Bonchev–Trinajstić information content (AvgIpc) is 2.29. The molecule has 1 heterocycles. The van der Waals surface area contributed by atoms with E-state index >= 15 is 0 Å². The van der Waals surface area contributed by atoms with Crippen LogP contribution in [-0.4, -0.2) is 43.2 Å². The molecular formula is C11H18N2O2. The molecular weight excluding hydrogens is 192 g/mol. The highest BCUT2D eigenvalue weighted by molar-refractivity contribution is 5.75. The summed E-state index contributed by atoms with van der Waals surface area (Å²) in [5.41, 5.74) is 0. The van der Waals surface area contributed by atoms with Gasteiger partial charge in [-0.2, -0.15) is 0 Å². The van der Waals surface area contributed by atoms with E-state index in [4.69, 9.17) is 11.2 Å². The first-order chi connectivity index (χ1) is 7.17. The van der Waals surface area contributed by atoms with E-state index in [2.05, 4.69) is 11.4 Å². The number of terminal acetylenes is 1. The highest BCUT2D eigenvalue weighted by Crippen LogP contribution is 2.13. The fourth-order valence-electron chi connectivity index (χ4n) is 1.49. The van der Waals surface area contributed by atoms with Gasteiger partial charge in [0.2, 0.25) is 0 Å². The van der Waals surface area contributed by atoms with Crippen LogP contribution >= 0.6 is 0 Å². The van der Waals surface area contributed by atoms with Gasteiger partial charge in [0.1, 0.15) is 12.1 Å². The van der Waals surface area contributed by atoms with Crippen molar-refractivity contribution < 1.29 is 9.53 Å². The second kappa shape index (κ2) is 5.62. The largest absolute Gasteiger partial charge is 0.461 e. The Kier molecular flexibility index (Phi) is 4.44. The molecule has 1 aliphatic rings. The Hall–Kier alpha value is -1.21. The van der Waals surface area contributed by atoms with E-state index < -0.39 is 0 Å². The molecule has 0 aromatic rings. The van der Waals surface area contributed by atoms with Gasteiger partial charge < -0.3 is 15.0 Å². The van der Waals surface area contributed by atoms with Crippen LogP contribution in [0.5, 0.6) is 0 Å². The van der Waals surface area contributed by atoms with Crippen molar-refractivity contribution in [3.8, 4) is 12.5 Å². The molecule has 1 N–H and O–H groups in total. The topological polar surface area (TPSA) is 41.6 Å². The maximum absolute atomic E-state index is 11.5. The summed E-state index contributed by atoms with van der Waals surface area (Å²) in [5, 5.41) is 2.86. The Balaban J connectivity index is 2.30. The standard InChI is InChI=1S/C11H18N2O2/c1-4-13-7-5-10(6-8-13)15-11(14)9(2)12-3/h1,9-10,12H,5-8H2,2-3H3. The zero-order valence-electron chi connectivity index (χ0n) is 9.32. The highest BCUT2D eigenvalue weighted by atomic mass is 16.5. The summed E-state index contributed by atoms with van der Waals surface area (Å²) in [6, 6.07) is 2.35. The van der Waals surface area contributed by atoms with E-state index in [9.17, 15) is 4.79 Å². The molecule has 4 nitrogen and oxygen atoms in total. The highest BCUT2D eigenvalue weighted by Gasteiger charge is 2.22. The normalized spacial score (nSPS) is 19.4. The lowest BCUT2D eigenvalue weighted by Crippen LogP contribution is -2.39. The Morgan fingerprint density at radius 3 is 2.67 bits per heavy atom. The first kappa shape index (κ1) is 11.9. The van der Waals surface area contributed by atoms with Crippen LogP contribution in [-0.2, 0) is 9.53 Å². The molecule has 0 amide bonds. The maximum Gasteiger partial charge on any atom is 0.323 e. The SMILES string of the molecule is C#CN1CCC(OC(=O)C(C)NC)CC1. The molecule has 1 unspecified atom stereocenters. The molecule has 1 fully saturated rings. The average molecular weight is 210 g/mol. The third-order valence-electron chi connectivity index (χ3n) is 2.69. The summed E-state index contributed by atoms with van der Waals surface area (Å²) in [5.74, 6) is -0.184. The van der Waals surface area contributed by atoms with Crippen molar-refractivity contribution in [2.45, 2.75) is 31.9 Å². The van der Waals surface area contributed by atoms with Crippen LogP contribution in [0.2, 0.25) is 0 Å². The van der Waals surface area contributed by atoms with Gasteiger partial charge in [-0.3, -0.25) is 4.79 Å². The lowest BCUT2D eigenvalue weighted by atomic mass is 10.1. The fraction of sp³-hybridized carbons (Fsp3) is 0.727. The van der Waals surface area contributed by atoms with E-state index in [0.29, 0.717) is 0 Å². The predicted octanol–water partition coefficient (Wildman–Crippen LogP) is 0.193. The molecule has 4 heteroatoms. The number of hydrogen-bond acceptors (Lipinski definition) is 4. The summed E-state index contributed by atoms with van der Waals surface area (Å²) < 4.78 is 5.34. The summed E-state index contributed by atoms with van der Waals surface area (Å²) in [6.07, 6.45) is 6.96. The van der Waals surface area contributed by atoms with Gasteiger partial charge in [-0.25, -0.2) is 0 Å². The fourth-order valence-corrected chi connectivity index (χ4v) is 1.49. The van der Waals surface area contributed by atoms with E-state index in [-0.39, 0.29) is 18.1 Å². The maximum atomic E-state index is 11.5. The summed E-state index contributed by atoms with van der Waals surface area (Å²) in [7, 11) is 1.74. The molecule has 0 aromatic heterocycles. The monoisotopic (exact) mass is 210 g/mol. The van der Waals surface area contributed by atoms with Crippen LogP contribution in [0, 0.1) is 12.5 Å². The van der Waals surface area contributed by atoms with Gasteiger partial charge in [-0.15, -0.1) is 0 Å². The quantitative estimate of drug-likeness (QED) is 0.533. The lowest BCUT2D eigenvalue weighted by molar-refractivity contribution is -0.152. The first-order valence-electron chi connectivity index (χ1n) is 5.26. The minimum Gasteiger partial charge on any atom is -0.461 e. The second-order valence-electron chi connectivity index (χ2n) is 3.76. The number of esters is 1. The number of ether oxygens (including phenoxy) is 1. The van der Waals surface area contributed by atoms with E-state index in [0.717, 1.165) is 25.9 Å². The smallest absolute Gasteiger partial charge is 0.323 e. The Morgan fingerprint density at radius 2 is 2.20 bits per heavy atom. The van der Waals surface area contributed by atoms with Crippen molar-refractivity contribution in [1.82, 2.24) is 10.2 Å². The van der Waals surface area contributed by atoms with Gasteiger partial charge in [0.15, 0.2) is 0 Å². The molecule has 84 valence electrons. The first-order valence-corrected chi connectivity index (χ1v) is 5.26. The predicted molar refractivity (Wildman–Crippen MR) is 58.0 cm³/mol. The number of likely N-dealkylation sites (N-methyl/N-ethyl adjacent to an activating group) is 1. The number of rotatable bonds is 3. The van der Waals surface area contributed by atoms with Crippen LogP contribution in [0.3, 0.4) is 0 Å². The van der Waals surface area contributed by atoms with Gasteiger partial charge in [0.05, 0.1) is 0 Å². The van der Waals surface area contributed by atoms with Crippen molar-refractivity contribution >= 4 is 5.97 Å². The lowest BCUT2D eigenvalue weighted by Gasteiger charge is -2.29. The van der Waals surface area contributed by atoms with Crippen molar-refractivity contribution in [3.05, 3.63) is 0 Å².